The van der Waals surface area contributed by atoms with Crippen molar-refractivity contribution in [3.8, 4) is 0 Å². The number of hydrogen-bond donors (Lipinski definition) is 2. The smallest absolute Gasteiger partial charge is 0.258 e. The molecule has 7 nitrogen and oxygen atoms in total. The van der Waals surface area contributed by atoms with E-state index in [9.17, 15) is 9.59 Å². The van der Waals surface area contributed by atoms with E-state index < -0.39 is 0 Å². The van der Waals surface area contributed by atoms with Crippen LogP contribution in [0.2, 0.25) is 0 Å². The molecule has 1 aromatic carbocycles. The average Bonchev–Trinajstić information content (AvgIpc) is 3.00. The molecule has 0 saturated carbocycles. The van der Waals surface area contributed by atoms with Gasteiger partial charge >= 0.3 is 0 Å². The van der Waals surface area contributed by atoms with Crippen LogP contribution in [0.15, 0.2) is 36.7 Å². The summed E-state index contributed by atoms with van der Waals surface area (Å²) in [4.78, 5) is 33.7. The molecule has 146 valence electrons. The molecule has 2 amide bonds. The molecule has 2 N–H and O–H groups in total. The summed E-state index contributed by atoms with van der Waals surface area (Å²) in [7, 11) is 0. The minimum atomic E-state index is -0.272. The van der Waals surface area contributed by atoms with Crippen LogP contribution < -0.4 is 10.6 Å². The molecule has 0 radical (unpaired) electrons. The molecule has 0 aliphatic carbocycles. The molecule has 0 aliphatic heterocycles. The van der Waals surface area contributed by atoms with Crippen molar-refractivity contribution >= 4 is 28.8 Å². The van der Waals surface area contributed by atoms with Crippen molar-refractivity contribution in [2.45, 2.75) is 46.7 Å². The Labute approximate surface area is 164 Å². The quantitative estimate of drug-likeness (QED) is 0.686. The number of aromatic nitrogens is 3. The Morgan fingerprint density at radius 2 is 1.86 bits per heavy atom. The zero-order valence-corrected chi connectivity index (χ0v) is 16.6. The van der Waals surface area contributed by atoms with Crippen LogP contribution in [0.5, 0.6) is 0 Å². The molecule has 28 heavy (non-hydrogen) atoms. The first-order chi connectivity index (χ1) is 13.4. The van der Waals surface area contributed by atoms with Gasteiger partial charge in [-0.1, -0.05) is 24.6 Å². The predicted molar refractivity (Wildman–Crippen MR) is 110 cm³/mol. The Balaban J connectivity index is 1.93. The number of anilines is 1. The first kappa shape index (κ1) is 19.5. The van der Waals surface area contributed by atoms with E-state index in [-0.39, 0.29) is 23.8 Å². The van der Waals surface area contributed by atoms with Crippen molar-refractivity contribution in [3.63, 3.8) is 0 Å². The van der Waals surface area contributed by atoms with Crippen molar-refractivity contribution in [1.29, 1.82) is 0 Å². The van der Waals surface area contributed by atoms with E-state index in [1.807, 2.05) is 37.5 Å². The topological polar surface area (TPSA) is 88.9 Å². The van der Waals surface area contributed by atoms with Crippen molar-refractivity contribution in [1.82, 2.24) is 19.9 Å². The second-order valence-electron chi connectivity index (χ2n) is 7.12. The fraction of sp³-hybridized carbons (Fsp3) is 0.333. The SMILES string of the molecule is CCCn1cc(C(=O)NC(C)C)c2cnc(NC(=O)c3ccc(C)cc3)nc21. The van der Waals surface area contributed by atoms with Gasteiger partial charge < -0.3 is 9.88 Å². The van der Waals surface area contributed by atoms with Gasteiger partial charge in [0.15, 0.2) is 0 Å². The van der Waals surface area contributed by atoms with Crippen molar-refractivity contribution in [2.75, 3.05) is 5.32 Å². The Kier molecular flexibility index (Phi) is 5.73. The fourth-order valence-corrected chi connectivity index (χ4v) is 2.94. The number of carbonyl (C=O) groups is 2. The van der Waals surface area contributed by atoms with Crippen LogP contribution in [0, 0.1) is 6.92 Å². The summed E-state index contributed by atoms with van der Waals surface area (Å²) in [5.41, 5.74) is 2.78. The van der Waals surface area contributed by atoms with Crippen molar-refractivity contribution < 1.29 is 9.59 Å². The Hall–Kier alpha value is -3.22. The van der Waals surface area contributed by atoms with Gasteiger partial charge in [-0.3, -0.25) is 14.9 Å². The first-order valence-corrected chi connectivity index (χ1v) is 9.43. The Bertz CT molecular complexity index is 1010. The lowest BCUT2D eigenvalue weighted by Crippen LogP contribution is -2.29. The summed E-state index contributed by atoms with van der Waals surface area (Å²) < 4.78 is 1.92. The summed E-state index contributed by atoms with van der Waals surface area (Å²) >= 11 is 0. The molecule has 0 fully saturated rings. The number of rotatable bonds is 6. The third-order valence-electron chi connectivity index (χ3n) is 4.28. The van der Waals surface area contributed by atoms with E-state index in [1.54, 1.807) is 24.5 Å². The van der Waals surface area contributed by atoms with Crippen molar-refractivity contribution in [2.24, 2.45) is 0 Å². The number of aryl methyl sites for hydroxylation is 2. The molecule has 2 heterocycles. The highest BCUT2D eigenvalue weighted by Gasteiger charge is 2.18. The van der Waals surface area contributed by atoms with Gasteiger partial charge in [0.1, 0.15) is 5.65 Å². The van der Waals surface area contributed by atoms with Crippen LogP contribution in [0.3, 0.4) is 0 Å². The maximum Gasteiger partial charge on any atom is 0.258 e. The lowest BCUT2D eigenvalue weighted by molar-refractivity contribution is 0.0943. The second kappa shape index (κ2) is 8.21. The van der Waals surface area contributed by atoms with Crippen LogP contribution in [0.25, 0.3) is 11.0 Å². The predicted octanol–water partition coefficient (Wildman–Crippen LogP) is 3.54. The van der Waals surface area contributed by atoms with Crippen LogP contribution in [-0.4, -0.2) is 32.4 Å². The lowest BCUT2D eigenvalue weighted by atomic mass is 10.1. The number of amides is 2. The molecule has 2 aromatic heterocycles. The molecule has 0 saturated heterocycles. The van der Waals surface area contributed by atoms with E-state index in [1.165, 1.54) is 0 Å². The van der Waals surface area contributed by atoms with Crippen molar-refractivity contribution in [3.05, 3.63) is 53.3 Å². The van der Waals surface area contributed by atoms with E-state index in [4.69, 9.17) is 0 Å². The third-order valence-corrected chi connectivity index (χ3v) is 4.28. The molecular formula is C21H25N5O2. The third kappa shape index (κ3) is 4.19. The summed E-state index contributed by atoms with van der Waals surface area (Å²) in [5, 5.41) is 6.30. The van der Waals surface area contributed by atoms with Crippen LogP contribution in [0.4, 0.5) is 5.95 Å². The van der Waals surface area contributed by atoms with Gasteiger partial charge in [-0.2, -0.15) is 4.98 Å². The monoisotopic (exact) mass is 379 g/mol. The van der Waals surface area contributed by atoms with E-state index in [0.29, 0.717) is 28.7 Å². The van der Waals surface area contributed by atoms with Gasteiger partial charge in [0.25, 0.3) is 11.8 Å². The fourth-order valence-electron chi connectivity index (χ4n) is 2.94. The minimum Gasteiger partial charge on any atom is -0.350 e. The standard InChI is InChI=1S/C21H25N5O2/c1-5-10-26-12-17(20(28)23-13(2)3)16-11-22-21(24-18(16)26)25-19(27)15-8-6-14(4)7-9-15/h6-9,11-13H,5,10H2,1-4H3,(H,23,28)(H,22,24,25,27). The largest absolute Gasteiger partial charge is 0.350 e. The maximum absolute atomic E-state index is 12.5. The highest BCUT2D eigenvalue weighted by Crippen LogP contribution is 2.21. The summed E-state index contributed by atoms with van der Waals surface area (Å²) in [6.07, 6.45) is 4.28. The Morgan fingerprint density at radius 3 is 2.50 bits per heavy atom. The molecule has 0 spiro atoms. The maximum atomic E-state index is 12.5. The number of carbonyl (C=O) groups excluding carboxylic acids is 2. The molecular weight excluding hydrogens is 354 g/mol. The average molecular weight is 379 g/mol. The van der Waals surface area contributed by atoms with Crippen LogP contribution in [0.1, 0.15) is 53.5 Å². The molecule has 0 bridgehead atoms. The van der Waals surface area contributed by atoms with E-state index in [2.05, 4.69) is 27.5 Å². The highest BCUT2D eigenvalue weighted by molar-refractivity contribution is 6.07. The number of nitrogens with zero attached hydrogens (tertiary/aromatic N) is 3. The summed E-state index contributed by atoms with van der Waals surface area (Å²) in [6, 6.07) is 7.32. The zero-order valence-electron chi connectivity index (χ0n) is 16.6. The first-order valence-electron chi connectivity index (χ1n) is 9.43. The number of hydrogen-bond acceptors (Lipinski definition) is 4. The number of fused-ring (bicyclic) bond motifs is 1. The molecule has 0 unspecified atom stereocenters. The highest BCUT2D eigenvalue weighted by atomic mass is 16.2. The van der Waals surface area contributed by atoms with E-state index >= 15 is 0 Å². The van der Waals surface area contributed by atoms with Gasteiger partial charge in [0.2, 0.25) is 5.95 Å². The summed E-state index contributed by atoms with van der Waals surface area (Å²) in [5.74, 6) is -0.218. The normalized spacial score (nSPS) is 11.0. The molecule has 3 rings (SSSR count). The lowest BCUT2D eigenvalue weighted by Gasteiger charge is -2.07. The van der Waals surface area contributed by atoms with Gasteiger partial charge in [0, 0.05) is 30.5 Å². The van der Waals surface area contributed by atoms with Gasteiger partial charge in [0.05, 0.1) is 10.9 Å². The Morgan fingerprint density at radius 1 is 1.14 bits per heavy atom. The molecule has 0 atom stereocenters. The molecule has 7 heteroatoms. The minimum absolute atomic E-state index is 0.0334. The number of benzene rings is 1. The second-order valence-corrected chi connectivity index (χ2v) is 7.12. The molecule has 0 aliphatic rings. The summed E-state index contributed by atoms with van der Waals surface area (Å²) in [6.45, 7) is 8.57. The van der Waals surface area contributed by atoms with E-state index in [0.717, 1.165) is 12.0 Å². The zero-order chi connectivity index (χ0) is 20.3. The van der Waals surface area contributed by atoms with Gasteiger partial charge in [-0.25, -0.2) is 4.98 Å². The van der Waals surface area contributed by atoms with Crippen LogP contribution >= 0.6 is 0 Å². The molecule has 3 aromatic rings. The van der Waals surface area contributed by atoms with Crippen LogP contribution in [-0.2, 0) is 6.54 Å². The van der Waals surface area contributed by atoms with Gasteiger partial charge in [-0.05, 0) is 39.3 Å². The van der Waals surface area contributed by atoms with Gasteiger partial charge in [-0.15, -0.1) is 0 Å². The number of nitrogens with one attached hydrogen (secondary N) is 2.